The molecule has 3 aromatic rings. The van der Waals surface area contributed by atoms with Crippen molar-refractivity contribution in [3.8, 4) is 23.0 Å². The zero-order valence-electron chi connectivity index (χ0n) is 44.0. The molecule has 0 spiro atoms. The molecular weight excluding hydrogens is 967 g/mol. The predicted octanol–water partition coefficient (Wildman–Crippen LogP) is 6.81. The van der Waals surface area contributed by atoms with Gasteiger partial charge in [-0.05, 0) is 95.5 Å². The molecular formula is C55H69N7O13. The van der Waals surface area contributed by atoms with Crippen LogP contribution < -0.4 is 39.8 Å². The minimum absolute atomic E-state index is 0.0106. The molecule has 0 aromatic heterocycles. The third-order valence-corrected chi connectivity index (χ3v) is 13.1. The summed E-state index contributed by atoms with van der Waals surface area (Å²) in [7, 11) is 3.03. The van der Waals surface area contributed by atoms with Crippen LogP contribution in [0.1, 0.15) is 106 Å². The normalized spacial score (nSPS) is 17.1. The monoisotopic (exact) mass is 1040 g/mol. The Labute approximate surface area is 437 Å². The Morgan fingerprint density at radius 3 is 2.11 bits per heavy atom. The van der Waals surface area contributed by atoms with Gasteiger partial charge in [0, 0.05) is 36.4 Å². The summed E-state index contributed by atoms with van der Waals surface area (Å²) in [6.45, 7) is 11.1. The first-order valence-electron chi connectivity index (χ1n) is 25.3. The molecule has 4 aliphatic heterocycles. The Balaban J connectivity index is 0.913. The van der Waals surface area contributed by atoms with Gasteiger partial charge in [0.1, 0.15) is 12.6 Å². The van der Waals surface area contributed by atoms with Crippen LogP contribution in [-0.2, 0) is 30.5 Å². The number of hydrogen-bond donors (Lipinski definition) is 4. The first-order valence-corrected chi connectivity index (χ1v) is 25.3. The van der Waals surface area contributed by atoms with Crippen molar-refractivity contribution in [3.05, 3.63) is 88.8 Å². The van der Waals surface area contributed by atoms with Gasteiger partial charge in [0.05, 0.1) is 100 Å². The first-order chi connectivity index (χ1) is 35.9. The van der Waals surface area contributed by atoms with Crippen molar-refractivity contribution in [2.24, 2.45) is 10.9 Å². The highest BCUT2D eigenvalue weighted by molar-refractivity contribution is 6.07. The summed E-state index contributed by atoms with van der Waals surface area (Å²) in [4.78, 5) is 89.3. The molecule has 75 heavy (non-hydrogen) atoms. The van der Waals surface area contributed by atoms with Gasteiger partial charge in [-0.15, -0.1) is 0 Å². The SMILES string of the molecule is COc1cc2c(cc1OCCCCCOc1cc3c(cc1OC)C(=O)N1C=C(C)CC1CN3C(=O)OCc1ccc(NC(=O)CNC(=O)C(NC(=O)CCOC(C)(C)CO)C(C)C)cc1)N=C[C@@H]1CC(C)=CN1C2=O. The first kappa shape index (κ1) is 55.3. The standard InChI is InChI=1S/C55H69N7O13/c1-33(2)50(59-48(64)16-19-75-55(5,6)32-63)51(66)57-27-49(65)58-37-14-12-36(13-15-37)31-74-54(69)62-30-39-21-35(4)29-61(39)53(68)41-23-45(71-8)47(25-43(41)62)73-18-11-9-10-17-72-46-24-42-40(22-44(46)70-7)52(67)60-28-34(3)20-38(60)26-56-42/h12-15,22-26,28-29,33,38-39,50,63H,9-11,16-21,27,30-32H2,1-8H3,(H,57,66)(H,58,65)(H,59,64)/t38-,39?,50?/m0/s1. The molecule has 0 saturated heterocycles. The molecule has 3 aromatic carbocycles. The molecule has 0 radical (unpaired) electrons. The summed E-state index contributed by atoms with van der Waals surface area (Å²) in [6.07, 6.45) is 8.20. The second-order valence-electron chi connectivity index (χ2n) is 20.0. The Bertz CT molecular complexity index is 2720. The van der Waals surface area contributed by atoms with Crippen LogP contribution >= 0.6 is 0 Å². The number of aliphatic imine (C=N–C) groups is 1. The highest BCUT2D eigenvalue weighted by Gasteiger charge is 2.39. The second kappa shape index (κ2) is 24.7. The largest absolute Gasteiger partial charge is 0.493 e. The molecule has 4 N–H and O–H groups in total. The highest BCUT2D eigenvalue weighted by atomic mass is 16.6. The van der Waals surface area contributed by atoms with E-state index in [0.29, 0.717) is 83.7 Å². The van der Waals surface area contributed by atoms with E-state index in [0.717, 1.165) is 24.0 Å². The van der Waals surface area contributed by atoms with Crippen LogP contribution in [-0.4, -0.2) is 134 Å². The molecule has 7 rings (SSSR count). The number of carbonyl (C=O) groups excluding carboxylic acids is 6. The number of hydrogen-bond acceptors (Lipinski definition) is 14. The van der Waals surface area contributed by atoms with Crippen molar-refractivity contribution < 1.29 is 62.3 Å². The number of carbonyl (C=O) groups is 6. The fourth-order valence-electron chi connectivity index (χ4n) is 9.01. The molecule has 402 valence electrons. The van der Waals surface area contributed by atoms with Crippen LogP contribution in [0, 0.1) is 5.92 Å². The van der Waals surface area contributed by atoms with Gasteiger partial charge in [-0.2, -0.15) is 0 Å². The number of methoxy groups -OCH3 is 2. The van der Waals surface area contributed by atoms with Gasteiger partial charge in [-0.1, -0.05) is 37.1 Å². The number of fused-ring (bicyclic) bond motifs is 4. The summed E-state index contributed by atoms with van der Waals surface area (Å²) in [5, 5.41) is 17.4. The van der Waals surface area contributed by atoms with Gasteiger partial charge in [-0.3, -0.25) is 33.9 Å². The lowest BCUT2D eigenvalue weighted by Crippen LogP contribution is -2.51. The molecule has 20 nitrogen and oxygen atoms in total. The maximum Gasteiger partial charge on any atom is 0.414 e. The van der Waals surface area contributed by atoms with Crippen molar-refractivity contribution in [1.29, 1.82) is 0 Å². The molecule has 2 unspecified atom stereocenters. The Morgan fingerprint density at radius 1 is 0.800 bits per heavy atom. The van der Waals surface area contributed by atoms with E-state index in [1.54, 1.807) is 92.2 Å². The molecule has 0 aliphatic carbocycles. The number of ether oxygens (including phenoxy) is 6. The van der Waals surface area contributed by atoms with Crippen LogP contribution in [0.2, 0.25) is 0 Å². The number of aliphatic hydroxyl groups is 1. The Hall–Kier alpha value is -7.45. The van der Waals surface area contributed by atoms with E-state index < -0.39 is 35.5 Å². The molecule has 20 heteroatoms. The van der Waals surface area contributed by atoms with Crippen LogP contribution in [0.15, 0.2) is 77.1 Å². The Morgan fingerprint density at radius 2 is 1.44 bits per heavy atom. The lowest BCUT2D eigenvalue weighted by atomic mass is 10.0. The third kappa shape index (κ3) is 13.8. The van der Waals surface area contributed by atoms with E-state index >= 15 is 0 Å². The van der Waals surface area contributed by atoms with E-state index in [9.17, 15) is 33.9 Å². The van der Waals surface area contributed by atoms with Gasteiger partial charge in [0.2, 0.25) is 17.7 Å². The van der Waals surface area contributed by atoms with Crippen molar-refractivity contribution in [2.45, 2.75) is 110 Å². The van der Waals surface area contributed by atoms with Crippen molar-refractivity contribution in [3.63, 3.8) is 0 Å². The summed E-state index contributed by atoms with van der Waals surface area (Å²) < 4.78 is 35.1. The third-order valence-electron chi connectivity index (χ3n) is 13.1. The number of anilines is 2. The van der Waals surface area contributed by atoms with Crippen molar-refractivity contribution in [1.82, 2.24) is 20.4 Å². The van der Waals surface area contributed by atoms with E-state index in [-0.39, 0.29) is 74.7 Å². The molecule has 3 atom stereocenters. The highest BCUT2D eigenvalue weighted by Crippen LogP contribution is 2.41. The number of nitrogens with one attached hydrogen (secondary N) is 3. The molecule has 6 amide bonds. The zero-order chi connectivity index (χ0) is 54.0. The summed E-state index contributed by atoms with van der Waals surface area (Å²) in [5.41, 5.74) is 3.94. The number of benzene rings is 3. The average Bonchev–Trinajstić information content (AvgIpc) is 3.92. The minimum Gasteiger partial charge on any atom is -0.493 e. The van der Waals surface area contributed by atoms with Gasteiger partial charge in [0.25, 0.3) is 11.8 Å². The van der Waals surface area contributed by atoms with Crippen LogP contribution in [0.4, 0.5) is 21.9 Å². The zero-order valence-corrected chi connectivity index (χ0v) is 44.0. The second-order valence-corrected chi connectivity index (χ2v) is 20.0. The number of nitrogens with zero attached hydrogens (tertiary/aromatic N) is 4. The summed E-state index contributed by atoms with van der Waals surface area (Å²) in [5.74, 6) is -0.472. The molecule has 4 aliphatic rings. The number of aliphatic hydroxyl groups excluding tert-OH is 1. The van der Waals surface area contributed by atoms with Gasteiger partial charge >= 0.3 is 6.09 Å². The van der Waals surface area contributed by atoms with E-state index in [4.69, 9.17) is 28.4 Å². The van der Waals surface area contributed by atoms with Gasteiger partial charge < -0.3 is 59.3 Å². The number of unbranched alkanes of at least 4 members (excludes halogenated alkanes) is 2. The maximum atomic E-state index is 14.1. The molecule has 0 bridgehead atoms. The lowest BCUT2D eigenvalue weighted by Gasteiger charge is -2.26. The van der Waals surface area contributed by atoms with Crippen LogP contribution in [0.5, 0.6) is 23.0 Å². The summed E-state index contributed by atoms with van der Waals surface area (Å²) in [6, 6.07) is 12.0. The van der Waals surface area contributed by atoms with Crippen molar-refractivity contribution >= 4 is 58.9 Å². The molecule has 4 heterocycles. The number of amides is 6. The fraction of sp³-hybridized carbons (Fsp3) is 0.473. The average molecular weight is 1040 g/mol. The topological polar surface area (TPSA) is 236 Å². The maximum absolute atomic E-state index is 14.1. The smallest absolute Gasteiger partial charge is 0.414 e. The van der Waals surface area contributed by atoms with Crippen molar-refractivity contribution in [2.75, 3.05) is 64.0 Å². The van der Waals surface area contributed by atoms with E-state index in [1.807, 2.05) is 26.2 Å². The lowest BCUT2D eigenvalue weighted by molar-refractivity contribution is -0.132. The minimum atomic E-state index is -0.885. The molecule has 0 fully saturated rings. The van der Waals surface area contributed by atoms with E-state index in [2.05, 4.69) is 20.9 Å². The predicted molar refractivity (Wildman–Crippen MR) is 280 cm³/mol. The summed E-state index contributed by atoms with van der Waals surface area (Å²) >= 11 is 0. The van der Waals surface area contributed by atoms with Crippen LogP contribution in [0.25, 0.3) is 0 Å². The quantitative estimate of drug-likeness (QED) is 0.0715. The van der Waals surface area contributed by atoms with Gasteiger partial charge in [-0.25, -0.2) is 4.79 Å². The van der Waals surface area contributed by atoms with E-state index in [1.165, 1.54) is 19.1 Å². The number of rotatable bonds is 23. The Kier molecular flexibility index (Phi) is 18.2. The molecule has 0 saturated carbocycles. The van der Waals surface area contributed by atoms with Crippen LogP contribution in [0.3, 0.4) is 0 Å². The fourth-order valence-corrected chi connectivity index (χ4v) is 9.01. The van der Waals surface area contributed by atoms with Gasteiger partial charge in [0.15, 0.2) is 23.0 Å².